The minimum atomic E-state index is -0.909. The van der Waals surface area contributed by atoms with E-state index in [9.17, 15) is 19.2 Å². The molecule has 45 heavy (non-hydrogen) atoms. The molecule has 0 radical (unpaired) electrons. The molecule has 14 heteroatoms. The van der Waals surface area contributed by atoms with Crippen molar-refractivity contribution in [3.05, 3.63) is 42.5 Å². The highest BCUT2D eigenvalue weighted by molar-refractivity contribution is 14.1. The lowest BCUT2D eigenvalue weighted by molar-refractivity contribution is -0.152. The van der Waals surface area contributed by atoms with Gasteiger partial charge < -0.3 is 38.2 Å². The van der Waals surface area contributed by atoms with E-state index < -0.39 is 24.1 Å². The van der Waals surface area contributed by atoms with Crippen LogP contribution in [0.1, 0.15) is 41.0 Å². The Kier molecular flexibility index (Phi) is 8.50. The predicted molar refractivity (Wildman–Crippen MR) is 175 cm³/mol. The van der Waals surface area contributed by atoms with E-state index in [0.717, 1.165) is 6.42 Å². The van der Waals surface area contributed by atoms with Crippen molar-refractivity contribution in [1.82, 2.24) is 9.80 Å². The number of rotatable bonds is 4. The molecule has 2 aromatic carbocycles. The lowest BCUT2D eigenvalue weighted by Gasteiger charge is -2.56. The fraction of sp³-hybridized carbons (Fsp3) is 0.484. The van der Waals surface area contributed by atoms with E-state index in [1.807, 2.05) is 9.80 Å². The summed E-state index contributed by atoms with van der Waals surface area (Å²) in [6.45, 7) is 6.10. The monoisotopic (exact) mass is 846 g/mol. The van der Waals surface area contributed by atoms with Gasteiger partial charge in [-0.25, -0.2) is 9.59 Å². The van der Waals surface area contributed by atoms with Crippen molar-refractivity contribution in [3.8, 4) is 23.0 Å². The SMILES string of the molecule is COC(=O)C1COc2cc(I)c(C(=O)N3CC4(C)CN(C(=O)c5cc6c(cc5I)OCC(C(=O)OC)O6)CC(C)(C3)C4)cc2O1. The van der Waals surface area contributed by atoms with Crippen LogP contribution in [0, 0.1) is 18.0 Å². The molecule has 2 fully saturated rings. The fourth-order valence-corrected chi connectivity index (χ4v) is 8.28. The number of piperidine rings is 2. The molecule has 0 aliphatic carbocycles. The van der Waals surface area contributed by atoms with E-state index in [-0.39, 0.29) is 35.9 Å². The van der Waals surface area contributed by atoms with Crippen LogP contribution in [-0.2, 0) is 19.1 Å². The number of esters is 2. The second kappa shape index (κ2) is 12.0. The average Bonchev–Trinajstić information content (AvgIpc) is 3.00. The number of nitrogens with zero attached hydrogens (tertiary/aromatic N) is 2. The molecular formula is C31H32I2N2O10. The van der Waals surface area contributed by atoms with Crippen LogP contribution in [0.5, 0.6) is 23.0 Å². The van der Waals surface area contributed by atoms with Gasteiger partial charge in [-0.1, -0.05) is 13.8 Å². The summed E-state index contributed by atoms with van der Waals surface area (Å²) in [6.07, 6.45) is -0.966. The van der Waals surface area contributed by atoms with E-state index in [1.165, 1.54) is 14.2 Å². The summed E-state index contributed by atoms with van der Waals surface area (Å²) < 4.78 is 34.1. The van der Waals surface area contributed by atoms with Gasteiger partial charge in [0.2, 0.25) is 12.2 Å². The Morgan fingerprint density at radius 3 is 1.42 bits per heavy atom. The Morgan fingerprint density at radius 2 is 1.07 bits per heavy atom. The number of fused-ring (bicyclic) bond motifs is 4. The third-order valence-corrected chi connectivity index (χ3v) is 10.3. The van der Waals surface area contributed by atoms with Gasteiger partial charge in [0.05, 0.1) is 25.3 Å². The van der Waals surface area contributed by atoms with Gasteiger partial charge in [-0.05, 0) is 75.9 Å². The van der Waals surface area contributed by atoms with Crippen LogP contribution in [0.15, 0.2) is 24.3 Å². The molecule has 4 aliphatic heterocycles. The van der Waals surface area contributed by atoms with Crippen LogP contribution in [0.3, 0.4) is 0 Å². The number of carbonyl (C=O) groups excluding carboxylic acids is 4. The van der Waals surface area contributed by atoms with Gasteiger partial charge in [-0.3, -0.25) is 9.59 Å². The molecule has 4 heterocycles. The molecule has 2 bridgehead atoms. The molecule has 0 N–H and O–H groups in total. The normalized spacial score (nSPS) is 26.5. The van der Waals surface area contributed by atoms with Crippen molar-refractivity contribution in [2.75, 3.05) is 53.6 Å². The second-order valence-corrected chi connectivity index (χ2v) is 14.9. The molecule has 2 saturated heterocycles. The lowest BCUT2D eigenvalue weighted by atomic mass is 9.65. The van der Waals surface area contributed by atoms with Crippen LogP contribution in [0.2, 0.25) is 0 Å². The molecule has 0 saturated carbocycles. The fourth-order valence-electron chi connectivity index (χ4n) is 6.95. The van der Waals surface area contributed by atoms with Crippen molar-refractivity contribution in [2.45, 2.75) is 32.5 Å². The summed E-state index contributed by atoms with van der Waals surface area (Å²) in [5, 5.41) is 0. The highest BCUT2D eigenvalue weighted by atomic mass is 127. The highest BCUT2D eigenvalue weighted by Crippen LogP contribution is 2.47. The largest absolute Gasteiger partial charge is 0.485 e. The Labute approximate surface area is 287 Å². The summed E-state index contributed by atoms with van der Waals surface area (Å²) in [4.78, 5) is 55.8. The third kappa shape index (κ3) is 6.11. The standard InChI is InChI=1S/C31H32I2N2O10/c1-30-11-31(2,14-34(12-30)26(36)16-5-22-20(7-18(16)32)42-9-24(44-22)28(38)40-3)15-35(13-30)27(37)17-6-23-21(8-19(17)33)43-10-25(45-23)29(39)41-4/h5-8,24-25H,9-15H2,1-4H3. The van der Waals surface area contributed by atoms with E-state index in [0.29, 0.717) is 67.4 Å². The zero-order valence-corrected chi connectivity index (χ0v) is 29.5. The van der Waals surface area contributed by atoms with E-state index in [1.54, 1.807) is 24.3 Å². The molecule has 0 spiro atoms. The summed E-state index contributed by atoms with van der Waals surface area (Å²) in [5.41, 5.74) is 0.196. The van der Waals surface area contributed by atoms with Crippen molar-refractivity contribution >= 4 is 68.9 Å². The molecular weight excluding hydrogens is 814 g/mol. The number of methoxy groups -OCH3 is 2. The van der Waals surface area contributed by atoms with Crippen LogP contribution >= 0.6 is 45.2 Å². The van der Waals surface area contributed by atoms with Crippen LogP contribution < -0.4 is 18.9 Å². The summed E-state index contributed by atoms with van der Waals surface area (Å²) in [5.74, 6) is 0.175. The summed E-state index contributed by atoms with van der Waals surface area (Å²) in [7, 11) is 2.57. The maximum atomic E-state index is 14.0. The Morgan fingerprint density at radius 1 is 0.689 bits per heavy atom. The number of hydrogen-bond acceptors (Lipinski definition) is 10. The summed E-state index contributed by atoms with van der Waals surface area (Å²) >= 11 is 4.23. The van der Waals surface area contributed by atoms with Crippen molar-refractivity contribution < 1.29 is 47.6 Å². The number of ether oxygens (including phenoxy) is 6. The number of benzene rings is 2. The molecule has 6 rings (SSSR count). The second-order valence-electron chi connectivity index (χ2n) is 12.6. The average molecular weight is 846 g/mol. The molecule has 4 aliphatic rings. The topological polar surface area (TPSA) is 130 Å². The highest BCUT2D eigenvalue weighted by Gasteiger charge is 2.51. The number of amides is 2. The first kappa shape index (κ1) is 31.9. The van der Waals surface area contributed by atoms with E-state index >= 15 is 0 Å². The first-order valence-corrected chi connectivity index (χ1v) is 16.5. The first-order valence-electron chi connectivity index (χ1n) is 14.3. The van der Waals surface area contributed by atoms with Gasteiger partial charge in [-0.15, -0.1) is 0 Å². The molecule has 2 amide bonds. The smallest absolute Gasteiger partial charge is 0.350 e. The van der Waals surface area contributed by atoms with Gasteiger partial charge in [0.25, 0.3) is 11.8 Å². The number of hydrogen-bond donors (Lipinski definition) is 0. The number of carbonyl (C=O) groups is 4. The minimum Gasteiger partial charge on any atom is -0.485 e. The van der Waals surface area contributed by atoms with Crippen molar-refractivity contribution in [1.29, 1.82) is 0 Å². The Balaban J connectivity index is 1.21. The Bertz CT molecular complexity index is 1470. The van der Waals surface area contributed by atoms with Crippen molar-refractivity contribution in [3.63, 3.8) is 0 Å². The quantitative estimate of drug-likeness (QED) is 0.333. The van der Waals surface area contributed by atoms with Crippen LogP contribution in [0.4, 0.5) is 0 Å². The predicted octanol–water partition coefficient (Wildman–Crippen LogP) is 3.54. The van der Waals surface area contributed by atoms with Crippen LogP contribution in [-0.4, -0.2) is 99.4 Å². The lowest BCUT2D eigenvalue weighted by Crippen LogP contribution is -2.64. The van der Waals surface area contributed by atoms with Gasteiger partial charge >= 0.3 is 11.9 Å². The zero-order valence-electron chi connectivity index (χ0n) is 25.1. The van der Waals surface area contributed by atoms with Gasteiger partial charge in [-0.2, -0.15) is 0 Å². The first-order chi connectivity index (χ1) is 21.3. The Hall–Kier alpha value is -3.02. The van der Waals surface area contributed by atoms with Crippen LogP contribution in [0.25, 0.3) is 0 Å². The van der Waals surface area contributed by atoms with Crippen molar-refractivity contribution in [2.24, 2.45) is 10.8 Å². The molecule has 2 aromatic rings. The van der Waals surface area contributed by atoms with Gasteiger partial charge in [0.1, 0.15) is 13.2 Å². The third-order valence-electron chi connectivity index (χ3n) is 8.49. The molecule has 0 aromatic heterocycles. The minimum absolute atomic E-state index is 0.0282. The van der Waals surface area contributed by atoms with E-state index in [4.69, 9.17) is 28.4 Å². The van der Waals surface area contributed by atoms with Gasteiger partial charge in [0, 0.05) is 44.1 Å². The van der Waals surface area contributed by atoms with Gasteiger partial charge in [0.15, 0.2) is 23.0 Å². The zero-order chi connectivity index (χ0) is 32.3. The molecule has 12 nitrogen and oxygen atoms in total. The molecule has 2 atom stereocenters. The maximum absolute atomic E-state index is 14.0. The number of likely N-dealkylation sites (tertiary alicyclic amines) is 2. The summed E-state index contributed by atoms with van der Waals surface area (Å²) in [6, 6.07) is 6.75. The number of halogens is 2. The maximum Gasteiger partial charge on any atom is 0.350 e. The molecule has 2 unspecified atom stereocenters. The molecule has 240 valence electrons. The van der Waals surface area contributed by atoms with E-state index in [2.05, 4.69) is 59.0 Å².